The lowest BCUT2D eigenvalue weighted by atomic mass is 10.2. The van der Waals surface area contributed by atoms with Crippen LogP contribution in [-0.2, 0) is 9.53 Å². The highest BCUT2D eigenvalue weighted by molar-refractivity contribution is 5.89. The Balaban J connectivity index is 2.19. The number of benzene rings is 1. The zero-order valence-corrected chi connectivity index (χ0v) is 15.3. The number of alkyl halides is 3. The Morgan fingerprint density at radius 2 is 1.79 bits per heavy atom. The number of halogens is 4. The Morgan fingerprint density at radius 3 is 2.39 bits per heavy atom. The van der Waals surface area contributed by atoms with Crippen molar-refractivity contribution in [2.45, 2.75) is 39.0 Å². The normalized spacial score (nSPS) is 11.7. The highest BCUT2D eigenvalue weighted by Crippen LogP contribution is 2.23. The van der Waals surface area contributed by atoms with Gasteiger partial charge < -0.3 is 20.1 Å². The van der Waals surface area contributed by atoms with Gasteiger partial charge in [-0.3, -0.25) is 0 Å². The fourth-order valence-corrected chi connectivity index (χ4v) is 2.08. The lowest BCUT2D eigenvalue weighted by Crippen LogP contribution is -2.29. The van der Waals surface area contributed by atoms with Gasteiger partial charge in [-0.1, -0.05) is 6.42 Å². The molecule has 0 unspecified atom stereocenters. The highest BCUT2D eigenvalue weighted by atomic mass is 19.4. The van der Waals surface area contributed by atoms with Crippen molar-refractivity contribution in [3.05, 3.63) is 36.2 Å². The standard InChI is InChI=1S/C18H22F4N2O4/c1-2-27-16(25)15(19)7-5-3-4-6-12-23-17(26)24-13-8-10-14(11-9-13)28-18(20,21)22/h7-11H,2-6,12H2,1H3,(H2,23,24,26). The zero-order valence-electron chi connectivity index (χ0n) is 15.3. The van der Waals surface area contributed by atoms with Crippen molar-refractivity contribution in [2.75, 3.05) is 18.5 Å². The fourth-order valence-electron chi connectivity index (χ4n) is 2.08. The van der Waals surface area contributed by atoms with Gasteiger partial charge in [0.05, 0.1) is 6.61 Å². The molecule has 0 aliphatic carbocycles. The maximum absolute atomic E-state index is 13.2. The molecule has 1 rings (SSSR count). The van der Waals surface area contributed by atoms with Crippen molar-refractivity contribution < 1.29 is 36.6 Å². The highest BCUT2D eigenvalue weighted by Gasteiger charge is 2.30. The van der Waals surface area contributed by atoms with Gasteiger partial charge in [-0.15, -0.1) is 13.2 Å². The minimum atomic E-state index is -4.77. The number of allylic oxidation sites excluding steroid dienone is 1. The van der Waals surface area contributed by atoms with Crippen LogP contribution in [0.25, 0.3) is 0 Å². The third-order valence-electron chi connectivity index (χ3n) is 3.31. The molecule has 2 N–H and O–H groups in total. The van der Waals surface area contributed by atoms with Crippen LogP contribution in [0.2, 0.25) is 0 Å². The van der Waals surface area contributed by atoms with Crippen LogP contribution in [0.15, 0.2) is 36.2 Å². The lowest BCUT2D eigenvalue weighted by Gasteiger charge is -2.10. The van der Waals surface area contributed by atoms with Crippen molar-refractivity contribution in [3.8, 4) is 5.75 Å². The first-order valence-corrected chi connectivity index (χ1v) is 8.64. The molecule has 0 saturated heterocycles. The number of rotatable bonds is 10. The van der Waals surface area contributed by atoms with Crippen LogP contribution in [0.1, 0.15) is 32.6 Å². The third-order valence-corrected chi connectivity index (χ3v) is 3.31. The maximum Gasteiger partial charge on any atom is 0.573 e. The molecule has 0 bridgehead atoms. The van der Waals surface area contributed by atoms with Gasteiger partial charge >= 0.3 is 18.4 Å². The van der Waals surface area contributed by atoms with Gasteiger partial charge in [-0.25, -0.2) is 9.59 Å². The van der Waals surface area contributed by atoms with E-state index in [1.807, 2.05) is 0 Å². The summed E-state index contributed by atoms with van der Waals surface area (Å²) in [5.41, 5.74) is 0.312. The topological polar surface area (TPSA) is 76.7 Å². The van der Waals surface area contributed by atoms with Crippen LogP contribution in [0.5, 0.6) is 5.75 Å². The second kappa shape index (κ2) is 11.8. The minimum absolute atomic E-state index is 0.110. The summed E-state index contributed by atoms with van der Waals surface area (Å²) in [6.07, 6.45) is -1.24. The molecule has 6 nitrogen and oxygen atoms in total. The predicted octanol–water partition coefficient (Wildman–Crippen LogP) is 4.68. The lowest BCUT2D eigenvalue weighted by molar-refractivity contribution is -0.274. The predicted molar refractivity (Wildman–Crippen MR) is 94.4 cm³/mol. The van der Waals surface area contributed by atoms with Gasteiger partial charge in [0, 0.05) is 12.2 Å². The molecule has 0 heterocycles. The molecule has 156 valence electrons. The SMILES string of the molecule is CCOC(=O)C(F)=CCCCCCNC(=O)Nc1ccc(OC(F)(F)F)cc1. The van der Waals surface area contributed by atoms with Gasteiger partial charge in [-0.05, 0) is 56.5 Å². The molecular weight excluding hydrogens is 384 g/mol. The van der Waals surface area contributed by atoms with E-state index in [1.165, 1.54) is 18.2 Å². The van der Waals surface area contributed by atoms with Gasteiger partial charge in [-0.2, -0.15) is 4.39 Å². The second-order valence-corrected chi connectivity index (χ2v) is 5.57. The van der Waals surface area contributed by atoms with E-state index in [0.29, 0.717) is 37.9 Å². The first kappa shape index (κ1) is 23.3. The number of carbonyl (C=O) groups excluding carboxylic acids is 2. The molecule has 10 heteroatoms. The summed E-state index contributed by atoms with van der Waals surface area (Å²) >= 11 is 0. The number of esters is 1. The summed E-state index contributed by atoms with van der Waals surface area (Å²) < 4.78 is 57.7. The molecule has 1 aromatic carbocycles. The molecule has 2 amide bonds. The summed E-state index contributed by atoms with van der Waals surface area (Å²) in [4.78, 5) is 22.7. The first-order chi connectivity index (χ1) is 13.2. The van der Waals surface area contributed by atoms with Crippen LogP contribution in [0.4, 0.5) is 28.0 Å². The number of carbonyl (C=O) groups is 2. The molecule has 0 aromatic heterocycles. The monoisotopic (exact) mass is 406 g/mol. The summed E-state index contributed by atoms with van der Waals surface area (Å²) in [5, 5.41) is 5.07. The molecule has 0 aliphatic rings. The molecule has 0 atom stereocenters. The zero-order chi connectivity index (χ0) is 21.0. The largest absolute Gasteiger partial charge is 0.573 e. The molecule has 0 fully saturated rings. The van der Waals surface area contributed by atoms with Crippen molar-refractivity contribution in [1.29, 1.82) is 0 Å². The van der Waals surface area contributed by atoms with E-state index in [2.05, 4.69) is 20.1 Å². The van der Waals surface area contributed by atoms with Crippen molar-refractivity contribution >= 4 is 17.7 Å². The number of amides is 2. The number of ether oxygens (including phenoxy) is 2. The minimum Gasteiger partial charge on any atom is -0.461 e. The maximum atomic E-state index is 13.2. The Morgan fingerprint density at radius 1 is 1.11 bits per heavy atom. The Bertz CT molecular complexity index is 661. The summed E-state index contributed by atoms with van der Waals surface area (Å²) in [6.45, 7) is 2.07. The van der Waals surface area contributed by atoms with E-state index in [4.69, 9.17) is 0 Å². The van der Waals surface area contributed by atoms with Crippen molar-refractivity contribution in [1.82, 2.24) is 5.32 Å². The third kappa shape index (κ3) is 10.4. The van der Waals surface area contributed by atoms with E-state index in [9.17, 15) is 27.2 Å². The van der Waals surface area contributed by atoms with E-state index < -0.39 is 24.2 Å². The van der Waals surface area contributed by atoms with Crippen LogP contribution in [0.3, 0.4) is 0 Å². The molecule has 0 spiro atoms. The Labute approximate surface area is 159 Å². The number of hydrogen-bond donors (Lipinski definition) is 2. The summed E-state index contributed by atoms with van der Waals surface area (Å²) in [5.74, 6) is -2.27. The van der Waals surface area contributed by atoms with Gasteiger partial charge in [0.15, 0.2) is 0 Å². The molecule has 0 saturated carbocycles. The number of nitrogens with one attached hydrogen (secondary N) is 2. The number of anilines is 1. The quantitative estimate of drug-likeness (QED) is 0.256. The van der Waals surface area contributed by atoms with Gasteiger partial charge in [0.25, 0.3) is 0 Å². The second-order valence-electron chi connectivity index (χ2n) is 5.57. The summed E-state index contributed by atoms with van der Waals surface area (Å²) in [6, 6.07) is 4.24. The number of unbranched alkanes of at least 4 members (excludes halogenated alkanes) is 3. The van der Waals surface area contributed by atoms with E-state index >= 15 is 0 Å². The molecule has 1 aromatic rings. The Kier molecular flexibility index (Phi) is 9.83. The van der Waals surface area contributed by atoms with Crippen LogP contribution < -0.4 is 15.4 Å². The molecular formula is C18H22F4N2O4. The number of hydrogen-bond acceptors (Lipinski definition) is 4. The molecule has 28 heavy (non-hydrogen) atoms. The average molecular weight is 406 g/mol. The van der Waals surface area contributed by atoms with Crippen molar-refractivity contribution in [2.24, 2.45) is 0 Å². The van der Waals surface area contributed by atoms with Crippen LogP contribution in [0, 0.1) is 0 Å². The van der Waals surface area contributed by atoms with Crippen LogP contribution >= 0.6 is 0 Å². The van der Waals surface area contributed by atoms with Crippen LogP contribution in [-0.4, -0.2) is 31.5 Å². The summed E-state index contributed by atoms with van der Waals surface area (Å²) in [7, 11) is 0. The van der Waals surface area contributed by atoms with Gasteiger partial charge in [0.2, 0.25) is 5.83 Å². The van der Waals surface area contributed by atoms with E-state index in [-0.39, 0.29) is 12.4 Å². The van der Waals surface area contributed by atoms with E-state index in [1.54, 1.807) is 6.92 Å². The number of urea groups is 1. The van der Waals surface area contributed by atoms with Crippen molar-refractivity contribution in [3.63, 3.8) is 0 Å². The Hall–Kier alpha value is -2.78. The first-order valence-electron chi connectivity index (χ1n) is 8.64. The molecule has 0 radical (unpaired) electrons. The van der Waals surface area contributed by atoms with Gasteiger partial charge in [0.1, 0.15) is 5.75 Å². The average Bonchev–Trinajstić information content (AvgIpc) is 2.61. The van der Waals surface area contributed by atoms with E-state index in [0.717, 1.165) is 12.1 Å². The smallest absolute Gasteiger partial charge is 0.461 e. The molecule has 0 aliphatic heterocycles. The fraction of sp³-hybridized carbons (Fsp3) is 0.444.